The van der Waals surface area contributed by atoms with Gasteiger partial charge in [0.2, 0.25) is 17.7 Å². The zero-order chi connectivity index (χ0) is 26.2. The van der Waals surface area contributed by atoms with Crippen LogP contribution in [0, 0.1) is 11.8 Å². The maximum absolute atomic E-state index is 14.0. The Morgan fingerprint density at radius 3 is 2.54 bits per heavy atom. The van der Waals surface area contributed by atoms with E-state index in [1.54, 1.807) is 16.7 Å². The first kappa shape index (κ1) is 26.4. The molecule has 37 heavy (non-hydrogen) atoms. The van der Waals surface area contributed by atoms with Gasteiger partial charge in [-0.05, 0) is 70.2 Å². The third-order valence-electron chi connectivity index (χ3n) is 8.75. The van der Waals surface area contributed by atoms with E-state index in [-0.39, 0.29) is 30.4 Å². The summed E-state index contributed by atoms with van der Waals surface area (Å²) >= 11 is 1.68. The summed E-state index contributed by atoms with van der Waals surface area (Å²) in [6.07, 6.45) is 7.28. The molecular weight excluding hydrogens is 490 g/mol. The number of thioether (sulfide) groups is 1. The number of carbonyl (C=O) groups is 3. The zero-order valence-corrected chi connectivity index (χ0v) is 22.6. The second-order valence-electron chi connectivity index (χ2n) is 11.1. The SMILES string of the molecule is CCOc1ccc(NC(=O)[C@@H]2[C@H]3C(=O)N(CCCO)C(C(=O)NC4CCCCC4)C34CC[C@@]2(C)S4)cc1. The molecule has 3 saturated heterocycles. The molecule has 1 aromatic carbocycles. The van der Waals surface area contributed by atoms with Crippen molar-refractivity contribution in [2.45, 2.75) is 86.8 Å². The number of aliphatic hydroxyl groups is 1. The van der Waals surface area contributed by atoms with Crippen LogP contribution in [0.1, 0.15) is 65.2 Å². The van der Waals surface area contributed by atoms with Crippen LogP contribution in [0.3, 0.4) is 0 Å². The molecule has 3 aliphatic heterocycles. The number of benzene rings is 1. The van der Waals surface area contributed by atoms with Crippen LogP contribution >= 0.6 is 11.8 Å². The number of rotatable bonds is 9. The van der Waals surface area contributed by atoms with Crippen LogP contribution in [0.25, 0.3) is 0 Å². The van der Waals surface area contributed by atoms with Crippen LogP contribution in [-0.2, 0) is 14.4 Å². The molecule has 1 aromatic rings. The number of ether oxygens (including phenoxy) is 1. The standard InChI is InChI=1S/C28H39N3O5S/c1-3-36-20-12-10-19(11-13-20)29-24(33)21-22-26(35)31(16-7-17-32)23(28(22)15-14-27(21,2)37-28)25(34)30-18-8-5-4-6-9-18/h10-13,18,21-23,32H,3-9,14-17H2,1-2H3,(H,29,33)(H,30,34)/t21-,22-,23?,27+,28?/m0/s1. The first-order chi connectivity index (χ1) is 17.8. The summed E-state index contributed by atoms with van der Waals surface area (Å²) in [5.74, 6) is -0.743. The summed E-state index contributed by atoms with van der Waals surface area (Å²) in [6.45, 7) is 4.84. The Kier molecular flexibility index (Phi) is 7.47. The highest BCUT2D eigenvalue weighted by atomic mass is 32.2. The summed E-state index contributed by atoms with van der Waals surface area (Å²) in [4.78, 5) is 43.2. The van der Waals surface area contributed by atoms with Crippen LogP contribution < -0.4 is 15.4 Å². The summed E-state index contributed by atoms with van der Waals surface area (Å²) in [5.41, 5.74) is 0.660. The Morgan fingerprint density at radius 1 is 1.14 bits per heavy atom. The van der Waals surface area contributed by atoms with Gasteiger partial charge in [-0.3, -0.25) is 14.4 Å². The minimum absolute atomic E-state index is 0.0507. The number of aliphatic hydroxyl groups excluding tert-OH is 1. The number of nitrogens with zero attached hydrogens (tertiary/aromatic N) is 1. The highest BCUT2D eigenvalue weighted by Gasteiger charge is 2.77. The van der Waals surface area contributed by atoms with Gasteiger partial charge >= 0.3 is 0 Å². The highest BCUT2D eigenvalue weighted by molar-refractivity contribution is 8.02. The summed E-state index contributed by atoms with van der Waals surface area (Å²) < 4.78 is 4.46. The van der Waals surface area contributed by atoms with Crippen LogP contribution in [-0.4, -0.2) is 69.1 Å². The number of fused-ring (bicyclic) bond motifs is 1. The van der Waals surface area contributed by atoms with Gasteiger partial charge in [0.1, 0.15) is 11.8 Å². The largest absolute Gasteiger partial charge is 0.494 e. The van der Waals surface area contributed by atoms with E-state index in [1.807, 2.05) is 31.2 Å². The van der Waals surface area contributed by atoms with E-state index in [9.17, 15) is 19.5 Å². The molecule has 5 atom stereocenters. The lowest BCUT2D eigenvalue weighted by atomic mass is 9.66. The average Bonchev–Trinajstić information content (AvgIpc) is 3.45. The average molecular weight is 530 g/mol. The molecular formula is C28H39N3O5S. The minimum Gasteiger partial charge on any atom is -0.494 e. The number of hydrogen-bond donors (Lipinski definition) is 3. The van der Waals surface area contributed by atoms with Crippen molar-refractivity contribution in [2.24, 2.45) is 11.8 Å². The van der Waals surface area contributed by atoms with Gasteiger partial charge in [0.05, 0.1) is 23.2 Å². The van der Waals surface area contributed by atoms with Crippen molar-refractivity contribution < 1.29 is 24.2 Å². The molecule has 3 amide bonds. The van der Waals surface area contributed by atoms with Crippen LogP contribution in [0.2, 0.25) is 0 Å². The summed E-state index contributed by atoms with van der Waals surface area (Å²) in [7, 11) is 0. The number of anilines is 1. The van der Waals surface area contributed by atoms with E-state index in [2.05, 4.69) is 17.6 Å². The third kappa shape index (κ3) is 4.62. The fourth-order valence-corrected chi connectivity index (χ4v) is 9.51. The van der Waals surface area contributed by atoms with Crippen LogP contribution in [0.5, 0.6) is 5.75 Å². The van der Waals surface area contributed by atoms with Gasteiger partial charge in [0, 0.05) is 29.6 Å². The number of hydrogen-bond acceptors (Lipinski definition) is 6. The van der Waals surface area contributed by atoms with Gasteiger partial charge in [-0.25, -0.2) is 0 Å². The van der Waals surface area contributed by atoms with Gasteiger partial charge in [-0.1, -0.05) is 19.3 Å². The normalized spacial score (nSPS) is 32.9. The molecule has 0 aromatic heterocycles. The fraction of sp³-hybridized carbons (Fsp3) is 0.679. The molecule has 202 valence electrons. The van der Waals surface area contributed by atoms with E-state index < -0.39 is 27.4 Å². The Bertz CT molecular complexity index is 1030. The predicted octanol–water partition coefficient (Wildman–Crippen LogP) is 3.34. The lowest BCUT2D eigenvalue weighted by Crippen LogP contribution is -2.55. The van der Waals surface area contributed by atoms with Crippen LogP contribution in [0.15, 0.2) is 24.3 Å². The lowest BCUT2D eigenvalue weighted by Gasteiger charge is -2.36. The first-order valence-corrected chi connectivity index (χ1v) is 14.6. The van der Waals surface area contributed by atoms with Gasteiger partial charge < -0.3 is 25.4 Å². The second kappa shape index (κ2) is 10.5. The minimum atomic E-state index is -0.624. The Labute approximate surface area is 223 Å². The van der Waals surface area contributed by atoms with Gasteiger partial charge in [0.15, 0.2) is 0 Å². The molecule has 1 saturated carbocycles. The van der Waals surface area contributed by atoms with E-state index >= 15 is 0 Å². The van der Waals surface area contributed by atoms with Gasteiger partial charge in [-0.2, -0.15) is 0 Å². The number of likely N-dealkylation sites (tertiary alicyclic amines) is 1. The van der Waals surface area contributed by atoms with Crippen molar-refractivity contribution in [3.8, 4) is 5.75 Å². The molecule has 5 rings (SSSR count). The number of nitrogens with one attached hydrogen (secondary N) is 2. The van der Waals surface area contributed by atoms with E-state index in [0.717, 1.165) is 44.3 Å². The maximum Gasteiger partial charge on any atom is 0.244 e. The van der Waals surface area contributed by atoms with E-state index in [1.165, 1.54) is 6.42 Å². The molecule has 0 radical (unpaired) electrons. The second-order valence-corrected chi connectivity index (χ2v) is 13.0. The Morgan fingerprint density at radius 2 is 1.86 bits per heavy atom. The topological polar surface area (TPSA) is 108 Å². The van der Waals surface area contributed by atoms with E-state index in [4.69, 9.17) is 4.74 Å². The van der Waals surface area contributed by atoms with Gasteiger partial charge in [-0.15, -0.1) is 11.8 Å². The summed E-state index contributed by atoms with van der Waals surface area (Å²) in [5, 5.41) is 15.8. The van der Waals surface area contributed by atoms with Crippen molar-refractivity contribution in [2.75, 3.05) is 25.1 Å². The van der Waals surface area contributed by atoms with Gasteiger partial charge in [0.25, 0.3) is 0 Å². The molecule has 8 nitrogen and oxygen atoms in total. The lowest BCUT2D eigenvalue weighted by molar-refractivity contribution is -0.139. The first-order valence-electron chi connectivity index (χ1n) is 13.8. The third-order valence-corrected chi connectivity index (χ3v) is 10.7. The number of carbonyl (C=O) groups excluding carboxylic acids is 3. The van der Waals surface area contributed by atoms with Crippen molar-refractivity contribution in [1.29, 1.82) is 0 Å². The molecule has 1 spiro atoms. The summed E-state index contributed by atoms with van der Waals surface area (Å²) in [6, 6.07) is 6.79. The molecule has 1 aliphatic carbocycles. The van der Waals surface area contributed by atoms with Crippen molar-refractivity contribution in [3.05, 3.63) is 24.3 Å². The van der Waals surface area contributed by atoms with Crippen molar-refractivity contribution in [1.82, 2.24) is 10.2 Å². The molecule has 3 heterocycles. The van der Waals surface area contributed by atoms with Crippen molar-refractivity contribution in [3.63, 3.8) is 0 Å². The maximum atomic E-state index is 14.0. The van der Waals surface area contributed by atoms with E-state index in [0.29, 0.717) is 25.3 Å². The fourth-order valence-electron chi connectivity index (χ4n) is 7.16. The molecule has 3 N–H and O–H groups in total. The van der Waals surface area contributed by atoms with Crippen LogP contribution in [0.4, 0.5) is 5.69 Å². The highest BCUT2D eigenvalue weighted by Crippen LogP contribution is 2.71. The smallest absolute Gasteiger partial charge is 0.244 e. The predicted molar refractivity (Wildman–Crippen MR) is 143 cm³/mol. The Hall–Kier alpha value is -2.26. The molecule has 4 fully saturated rings. The molecule has 4 aliphatic rings. The number of amides is 3. The Balaban J connectivity index is 1.41. The molecule has 2 unspecified atom stereocenters. The van der Waals surface area contributed by atoms with Crippen molar-refractivity contribution >= 4 is 35.2 Å². The monoisotopic (exact) mass is 529 g/mol. The zero-order valence-electron chi connectivity index (χ0n) is 21.8. The molecule has 2 bridgehead atoms. The molecule has 9 heteroatoms. The quantitative estimate of drug-likeness (QED) is 0.453.